The Bertz CT molecular complexity index is 232. The minimum absolute atomic E-state index is 0. The maximum Gasteiger partial charge on any atom is 0.0530 e. The van der Waals surface area contributed by atoms with Crippen molar-refractivity contribution in [3.63, 3.8) is 0 Å². The second kappa shape index (κ2) is 9.54. The van der Waals surface area contributed by atoms with Gasteiger partial charge in [-0.25, -0.2) is 0 Å². The molecule has 0 bridgehead atoms. The molecule has 3 nitrogen and oxygen atoms in total. The van der Waals surface area contributed by atoms with Crippen molar-refractivity contribution in [1.29, 1.82) is 0 Å². The normalized spacial score (nSPS) is 30.5. The Morgan fingerprint density at radius 3 is 2.53 bits per heavy atom. The van der Waals surface area contributed by atoms with E-state index in [0.29, 0.717) is 0 Å². The van der Waals surface area contributed by atoms with E-state index in [2.05, 4.69) is 12.9 Å². The topological polar surface area (TPSA) is 43.4 Å². The zero-order valence-electron chi connectivity index (χ0n) is 8.49. The molecule has 7 heteroatoms. The molecule has 1 aliphatic rings. The van der Waals surface area contributed by atoms with E-state index >= 15 is 0 Å². The molecule has 0 aromatic rings. The molecule has 1 radical (unpaired) electrons. The van der Waals surface area contributed by atoms with Gasteiger partial charge in [0.1, 0.15) is 0 Å². The SMILES string of the molecule is CC1(OS)C[CH-]C(C[S-](=O)=O)CC1.[Ar].[Y]. The van der Waals surface area contributed by atoms with E-state index in [1.54, 1.807) is 0 Å². The fourth-order valence-electron chi connectivity index (χ4n) is 1.54. The van der Waals surface area contributed by atoms with Crippen molar-refractivity contribution in [2.24, 2.45) is 5.92 Å². The number of rotatable bonds is 3. The van der Waals surface area contributed by atoms with Gasteiger partial charge in [-0.1, -0.05) is 22.9 Å². The number of hydrogen-bond acceptors (Lipinski definition) is 5. The minimum atomic E-state index is -1.93. The third kappa shape index (κ3) is 7.60. The first kappa shape index (κ1) is 20.0. The first-order valence-corrected chi connectivity index (χ1v) is 5.88. The van der Waals surface area contributed by atoms with E-state index < -0.39 is 10.7 Å². The largest absolute Gasteiger partial charge is 0.424 e. The van der Waals surface area contributed by atoms with Crippen LogP contribution in [-0.2, 0) is 56.0 Å². The van der Waals surface area contributed by atoms with Crippen molar-refractivity contribution >= 4 is 23.6 Å². The molecule has 0 N–H and O–H groups in total. The van der Waals surface area contributed by atoms with Crippen molar-refractivity contribution in [1.82, 2.24) is 0 Å². The van der Waals surface area contributed by atoms with Gasteiger partial charge in [-0.3, -0.25) is 0 Å². The molecule has 15 heavy (non-hydrogen) atoms. The predicted molar refractivity (Wildman–Crippen MR) is 53.7 cm³/mol. The predicted octanol–water partition coefficient (Wildman–Crippen LogP) is 1.92. The second-order valence-electron chi connectivity index (χ2n) is 3.75. The Morgan fingerprint density at radius 1 is 1.60 bits per heavy atom. The fraction of sp³-hybridized carbons (Fsp3) is 0.875. The zero-order chi connectivity index (χ0) is 9.90. The smallest absolute Gasteiger partial charge is 0.0530 e. The molecule has 1 rings (SSSR count). The number of thiol groups is 1. The van der Waals surface area contributed by atoms with Crippen molar-refractivity contribution in [2.45, 2.75) is 31.8 Å². The maximum atomic E-state index is 10.4. The van der Waals surface area contributed by atoms with Gasteiger partial charge < -0.3 is 19.0 Å². The van der Waals surface area contributed by atoms with Crippen molar-refractivity contribution in [2.75, 3.05) is 5.75 Å². The molecule has 2 atom stereocenters. The average Bonchev–Trinajstić information content (AvgIpc) is 2.09. The van der Waals surface area contributed by atoms with Crippen LogP contribution >= 0.6 is 12.9 Å². The van der Waals surface area contributed by atoms with Crippen molar-refractivity contribution in [3.05, 3.63) is 6.42 Å². The van der Waals surface area contributed by atoms with Crippen LogP contribution in [0.2, 0.25) is 0 Å². The molecule has 0 heterocycles. The Kier molecular flexibility index (Phi) is 12.7. The molecule has 0 aromatic heterocycles. The van der Waals surface area contributed by atoms with Crippen LogP contribution in [0.4, 0.5) is 0 Å². The summed E-state index contributed by atoms with van der Waals surface area (Å²) in [5.41, 5.74) is -0.204. The summed E-state index contributed by atoms with van der Waals surface area (Å²) >= 11 is 3.81. The summed E-state index contributed by atoms with van der Waals surface area (Å²) in [6.07, 6.45) is 4.54. The quantitative estimate of drug-likeness (QED) is 0.366. The van der Waals surface area contributed by atoms with E-state index in [-0.39, 0.29) is 87.7 Å². The monoisotopic (exact) mass is 351 g/mol. The summed E-state index contributed by atoms with van der Waals surface area (Å²) < 4.78 is 25.9. The van der Waals surface area contributed by atoms with Crippen LogP contribution in [0.1, 0.15) is 26.2 Å². The second-order valence-corrected chi connectivity index (χ2v) is 4.87. The van der Waals surface area contributed by atoms with Crippen LogP contribution in [0.3, 0.4) is 0 Å². The van der Waals surface area contributed by atoms with Gasteiger partial charge in [0.05, 0.1) is 5.60 Å². The summed E-state index contributed by atoms with van der Waals surface area (Å²) in [5.74, 6) is 0.428. The van der Waals surface area contributed by atoms with E-state index in [1.807, 2.05) is 13.3 Å². The van der Waals surface area contributed by atoms with Gasteiger partial charge in [0, 0.05) is 70.4 Å². The van der Waals surface area contributed by atoms with Crippen LogP contribution < -0.4 is 0 Å². The molecule has 1 fully saturated rings. The molecule has 0 spiro atoms. The molecule has 89 valence electrons. The third-order valence-electron chi connectivity index (χ3n) is 2.50. The summed E-state index contributed by atoms with van der Waals surface area (Å²) in [5, 5.41) is 0. The van der Waals surface area contributed by atoms with Crippen molar-refractivity contribution < 1.29 is 83.0 Å². The Labute approximate surface area is 154 Å². The van der Waals surface area contributed by atoms with Gasteiger partial charge in [-0.15, -0.1) is 6.42 Å². The molecule has 0 saturated heterocycles. The van der Waals surface area contributed by atoms with E-state index in [9.17, 15) is 8.42 Å². The first-order chi connectivity index (χ1) is 6.06. The van der Waals surface area contributed by atoms with Crippen LogP contribution in [0.5, 0.6) is 0 Å². The molecular formula is C8H14ArO3S2Y-2. The van der Waals surface area contributed by atoms with Crippen LogP contribution in [0, 0.1) is 50.1 Å². The third-order valence-corrected chi connectivity index (χ3v) is 3.64. The molecule has 0 aliphatic heterocycles. The molecule has 2 unspecified atom stereocenters. The minimum Gasteiger partial charge on any atom is -0.424 e. The molecule has 1 saturated carbocycles. The fourth-order valence-corrected chi connectivity index (χ4v) is 2.35. The van der Waals surface area contributed by atoms with Crippen LogP contribution in [-0.4, -0.2) is 11.4 Å². The Morgan fingerprint density at radius 2 is 2.20 bits per heavy atom. The van der Waals surface area contributed by atoms with Gasteiger partial charge in [0.15, 0.2) is 0 Å². The van der Waals surface area contributed by atoms with E-state index in [1.165, 1.54) is 0 Å². The van der Waals surface area contributed by atoms with Gasteiger partial charge in [0.25, 0.3) is 0 Å². The Hall–Kier alpha value is 2.62. The number of hydrogen-bond donors (Lipinski definition) is 1. The van der Waals surface area contributed by atoms with Gasteiger partial charge >= 0.3 is 0 Å². The first-order valence-electron chi connectivity index (χ1n) is 4.27. The van der Waals surface area contributed by atoms with Gasteiger partial charge in [-0.2, -0.15) is 5.92 Å². The average molecular weight is 351 g/mol. The summed E-state index contributed by atoms with van der Waals surface area (Å²) in [6.45, 7) is 1.99. The zero-order valence-corrected chi connectivity index (χ0v) is 13.8. The van der Waals surface area contributed by atoms with Gasteiger partial charge in [-0.05, 0) is 26.3 Å². The molecule has 0 aromatic carbocycles. The molecule has 0 amide bonds. The summed E-state index contributed by atoms with van der Waals surface area (Å²) in [6, 6.07) is 0. The van der Waals surface area contributed by atoms with Crippen LogP contribution in [0.25, 0.3) is 0 Å². The summed E-state index contributed by atoms with van der Waals surface area (Å²) in [4.78, 5) is 0. The standard InChI is InChI=1S/C8H14O3S2.Ar.Y/c1-8(11-12)4-2-7(3-5-8)6-13(9)10;;/h2,7,12H,3-6H2,1H3;;/q-2;;. The molecule has 1 aliphatic carbocycles. The van der Waals surface area contributed by atoms with Gasteiger partial charge in [0.2, 0.25) is 0 Å². The van der Waals surface area contributed by atoms with Crippen molar-refractivity contribution in [3.8, 4) is 0 Å². The van der Waals surface area contributed by atoms with E-state index in [0.717, 1.165) is 19.3 Å². The Balaban J connectivity index is 0. The molecular weight excluding hydrogens is 337 g/mol. The summed E-state index contributed by atoms with van der Waals surface area (Å²) in [7, 11) is -1.93. The van der Waals surface area contributed by atoms with Crippen LogP contribution in [0.15, 0.2) is 0 Å². The maximum absolute atomic E-state index is 10.4. The van der Waals surface area contributed by atoms with E-state index in [4.69, 9.17) is 4.18 Å².